The molecule has 0 radical (unpaired) electrons. The van der Waals surface area contributed by atoms with Crippen LogP contribution in [0.3, 0.4) is 0 Å². The zero-order valence-corrected chi connectivity index (χ0v) is 16.0. The van der Waals surface area contributed by atoms with Crippen molar-refractivity contribution in [3.8, 4) is 0 Å². The second-order valence-electron chi connectivity index (χ2n) is 6.30. The van der Waals surface area contributed by atoms with Crippen LogP contribution in [-0.4, -0.2) is 44.0 Å². The summed E-state index contributed by atoms with van der Waals surface area (Å²) in [6, 6.07) is 7.62. The molecule has 0 atom stereocenters. The lowest BCUT2D eigenvalue weighted by atomic mass is 9.93. The Morgan fingerprint density at radius 3 is 2.67 bits per heavy atom. The van der Waals surface area contributed by atoms with Crippen LogP contribution in [0, 0.1) is 5.92 Å². The molecule has 0 aromatic heterocycles. The van der Waals surface area contributed by atoms with Crippen molar-refractivity contribution in [2.24, 2.45) is 5.92 Å². The summed E-state index contributed by atoms with van der Waals surface area (Å²) in [4.78, 5) is 14.4. The van der Waals surface area contributed by atoms with Crippen LogP contribution in [0.5, 0.6) is 0 Å². The molecule has 0 aliphatic carbocycles. The van der Waals surface area contributed by atoms with Crippen LogP contribution in [0.1, 0.15) is 31.2 Å². The van der Waals surface area contributed by atoms with Crippen LogP contribution >= 0.6 is 24.0 Å². The Labute approximate surface area is 156 Å². The minimum Gasteiger partial charge on any atom is -0.352 e. The third-order valence-electron chi connectivity index (χ3n) is 4.60. The van der Waals surface area contributed by atoms with Crippen molar-refractivity contribution in [2.45, 2.75) is 32.2 Å². The van der Waals surface area contributed by atoms with Gasteiger partial charge in [0.1, 0.15) is 0 Å². The fraction of sp³-hybridized carbons (Fsp3) is 0.611. The first kappa shape index (κ1) is 21.2. The molecule has 136 valence electrons. The molecule has 0 spiro atoms. The Bertz CT molecular complexity index is 491. The van der Waals surface area contributed by atoms with Crippen molar-refractivity contribution >= 4 is 29.9 Å². The number of nitrogens with one attached hydrogen (secondary N) is 2. The lowest BCUT2D eigenvalue weighted by Gasteiger charge is -2.31. The number of rotatable bonds is 8. The number of nitrogens with zero attached hydrogens (tertiary/aromatic N) is 1. The summed E-state index contributed by atoms with van der Waals surface area (Å²) in [7, 11) is 2.01. The number of likely N-dealkylation sites (tertiary alicyclic amines) is 1. The van der Waals surface area contributed by atoms with E-state index in [0.29, 0.717) is 18.0 Å². The van der Waals surface area contributed by atoms with Gasteiger partial charge in [-0.1, -0.05) is 29.8 Å². The monoisotopic (exact) mass is 373 g/mol. The largest absolute Gasteiger partial charge is 0.352 e. The van der Waals surface area contributed by atoms with Gasteiger partial charge in [-0.15, -0.1) is 12.4 Å². The second-order valence-corrected chi connectivity index (χ2v) is 6.70. The Balaban J connectivity index is 0.00000288. The van der Waals surface area contributed by atoms with Crippen LogP contribution in [-0.2, 0) is 11.3 Å². The maximum Gasteiger partial charge on any atom is 0.221 e. The Kier molecular flexibility index (Phi) is 10.3. The molecule has 1 aromatic carbocycles. The van der Waals surface area contributed by atoms with Gasteiger partial charge in [-0.25, -0.2) is 0 Å². The highest BCUT2D eigenvalue weighted by Gasteiger charge is 2.19. The number of carbonyl (C=O) groups is 1. The number of hydrogen-bond acceptors (Lipinski definition) is 3. The fourth-order valence-corrected chi connectivity index (χ4v) is 3.23. The van der Waals surface area contributed by atoms with E-state index in [1.54, 1.807) is 0 Å². The van der Waals surface area contributed by atoms with E-state index in [1.165, 1.54) is 19.3 Å². The van der Waals surface area contributed by atoms with Crippen LogP contribution < -0.4 is 10.6 Å². The molecule has 1 aromatic rings. The molecular formula is C18H29Cl2N3O. The zero-order valence-electron chi connectivity index (χ0n) is 14.4. The molecule has 0 saturated carbocycles. The highest BCUT2D eigenvalue weighted by Crippen LogP contribution is 2.20. The van der Waals surface area contributed by atoms with Crippen molar-refractivity contribution in [1.82, 2.24) is 15.5 Å². The number of benzene rings is 1. The van der Waals surface area contributed by atoms with Gasteiger partial charge in [0, 0.05) is 24.5 Å². The van der Waals surface area contributed by atoms with Gasteiger partial charge < -0.3 is 15.5 Å². The molecular weight excluding hydrogens is 345 g/mol. The van der Waals surface area contributed by atoms with Crippen LogP contribution in [0.2, 0.25) is 5.02 Å². The minimum atomic E-state index is 0. The molecule has 0 bridgehead atoms. The first-order valence-electron chi connectivity index (χ1n) is 8.56. The van der Waals surface area contributed by atoms with E-state index in [2.05, 4.69) is 15.5 Å². The van der Waals surface area contributed by atoms with Crippen molar-refractivity contribution < 1.29 is 4.79 Å². The summed E-state index contributed by atoms with van der Waals surface area (Å²) >= 11 is 6.09. The molecule has 1 amide bonds. The van der Waals surface area contributed by atoms with Crippen molar-refractivity contribution in [3.63, 3.8) is 0 Å². The van der Waals surface area contributed by atoms with Crippen LogP contribution in [0.15, 0.2) is 24.3 Å². The van der Waals surface area contributed by atoms with E-state index < -0.39 is 0 Å². The summed E-state index contributed by atoms with van der Waals surface area (Å²) < 4.78 is 0. The minimum absolute atomic E-state index is 0. The van der Waals surface area contributed by atoms with Crippen LogP contribution in [0.25, 0.3) is 0 Å². The van der Waals surface area contributed by atoms with Gasteiger partial charge in [-0.05, 0) is 63.5 Å². The first-order chi connectivity index (χ1) is 11.2. The molecule has 1 heterocycles. The number of piperidine rings is 1. The van der Waals surface area contributed by atoms with Crippen molar-refractivity contribution in [3.05, 3.63) is 34.9 Å². The molecule has 2 N–H and O–H groups in total. The molecule has 1 aliphatic heterocycles. The predicted molar refractivity (Wildman–Crippen MR) is 103 cm³/mol. The fourth-order valence-electron chi connectivity index (χ4n) is 3.03. The molecule has 1 saturated heterocycles. The van der Waals surface area contributed by atoms with Gasteiger partial charge in [0.15, 0.2) is 0 Å². The van der Waals surface area contributed by atoms with E-state index in [1.807, 2.05) is 31.3 Å². The van der Waals surface area contributed by atoms with Gasteiger partial charge >= 0.3 is 0 Å². The van der Waals surface area contributed by atoms with Gasteiger partial charge in [-0.3, -0.25) is 4.79 Å². The highest BCUT2D eigenvalue weighted by atomic mass is 35.5. The molecule has 1 aliphatic rings. The third kappa shape index (κ3) is 7.39. The molecule has 24 heavy (non-hydrogen) atoms. The van der Waals surface area contributed by atoms with E-state index in [4.69, 9.17) is 11.6 Å². The van der Waals surface area contributed by atoms with Crippen LogP contribution in [0.4, 0.5) is 0 Å². The Morgan fingerprint density at radius 2 is 2.00 bits per heavy atom. The molecule has 6 heteroatoms. The molecule has 0 unspecified atom stereocenters. The smallest absolute Gasteiger partial charge is 0.221 e. The van der Waals surface area contributed by atoms with Gasteiger partial charge in [0.05, 0.1) is 0 Å². The number of amides is 1. The Hall–Kier alpha value is -0.810. The maximum atomic E-state index is 12.0. The predicted octanol–water partition coefficient (Wildman–Crippen LogP) is 3.09. The SMILES string of the molecule is CNCCC1CCN(CCC(=O)NCc2ccccc2Cl)CC1.Cl. The van der Waals surface area contributed by atoms with E-state index in [0.717, 1.165) is 37.7 Å². The number of hydrogen-bond donors (Lipinski definition) is 2. The van der Waals surface area contributed by atoms with Gasteiger partial charge in [-0.2, -0.15) is 0 Å². The average Bonchev–Trinajstić information content (AvgIpc) is 2.58. The summed E-state index contributed by atoms with van der Waals surface area (Å²) in [6.07, 6.45) is 4.33. The zero-order chi connectivity index (χ0) is 16.5. The highest BCUT2D eigenvalue weighted by molar-refractivity contribution is 6.31. The normalized spacial score (nSPS) is 15.8. The van der Waals surface area contributed by atoms with Crippen molar-refractivity contribution in [1.29, 1.82) is 0 Å². The summed E-state index contributed by atoms with van der Waals surface area (Å²) in [5.74, 6) is 0.940. The number of carbonyl (C=O) groups excluding carboxylic acids is 1. The topological polar surface area (TPSA) is 44.4 Å². The lowest BCUT2D eigenvalue weighted by molar-refractivity contribution is -0.121. The van der Waals surface area contributed by atoms with E-state index in [-0.39, 0.29) is 18.3 Å². The second kappa shape index (κ2) is 11.7. The number of halogens is 2. The Morgan fingerprint density at radius 1 is 1.29 bits per heavy atom. The van der Waals surface area contributed by atoms with Gasteiger partial charge in [0.25, 0.3) is 0 Å². The summed E-state index contributed by atoms with van der Waals surface area (Å²) in [5.41, 5.74) is 0.966. The lowest BCUT2D eigenvalue weighted by Crippen LogP contribution is -2.37. The maximum absolute atomic E-state index is 12.0. The van der Waals surface area contributed by atoms with Gasteiger partial charge in [0.2, 0.25) is 5.91 Å². The summed E-state index contributed by atoms with van der Waals surface area (Å²) in [5, 5.41) is 6.88. The van der Waals surface area contributed by atoms with E-state index in [9.17, 15) is 4.79 Å². The third-order valence-corrected chi connectivity index (χ3v) is 4.97. The van der Waals surface area contributed by atoms with E-state index >= 15 is 0 Å². The molecule has 2 rings (SSSR count). The average molecular weight is 374 g/mol. The van der Waals surface area contributed by atoms with Crippen molar-refractivity contribution in [2.75, 3.05) is 33.2 Å². The summed E-state index contributed by atoms with van der Waals surface area (Å²) in [6.45, 7) is 4.70. The molecule has 1 fully saturated rings. The first-order valence-corrected chi connectivity index (χ1v) is 8.94. The quantitative estimate of drug-likeness (QED) is 0.735. The molecule has 4 nitrogen and oxygen atoms in total. The standard InChI is InChI=1S/C18H28ClN3O.ClH/c1-20-10-6-15-7-11-22(12-8-15)13-9-18(23)21-14-16-4-2-3-5-17(16)19;/h2-5,15,20H,6-14H2,1H3,(H,21,23);1H.